The highest BCUT2D eigenvalue weighted by molar-refractivity contribution is 5.73. The Bertz CT molecular complexity index is 1080. The molecule has 0 aromatic rings. The number of likely N-dealkylation sites (N-methyl/N-ethyl adjacent to an activating group) is 1. The number of ether oxygens (including phenoxy) is 8. The van der Waals surface area contributed by atoms with E-state index in [4.69, 9.17) is 37.9 Å². The van der Waals surface area contributed by atoms with Crippen LogP contribution in [0.2, 0.25) is 0 Å². The van der Waals surface area contributed by atoms with Gasteiger partial charge >= 0.3 is 0 Å². The molecule has 51 heavy (non-hydrogen) atoms. The molecule has 0 spiro atoms. The lowest BCUT2D eigenvalue weighted by Crippen LogP contribution is -2.70. The second-order valence-electron chi connectivity index (χ2n) is 12.9. The summed E-state index contributed by atoms with van der Waals surface area (Å²) in [7, 11) is 2.88. The number of hydrogen-bond donors (Lipinski definition) is 13. The number of hydrogen-bond acceptors (Lipinski definition) is 21. The molecule has 13 N–H and O–H groups in total. The summed E-state index contributed by atoms with van der Waals surface area (Å²) in [5.74, 6) is -0.725. The van der Waals surface area contributed by atoms with Crippen molar-refractivity contribution in [1.82, 2.24) is 10.6 Å². The molecular formula is C29H52N2O20. The van der Waals surface area contributed by atoms with Gasteiger partial charge in [-0.05, 0) is 7.05 Å². The van der Waals surface area contributed by atoms with Gasteiger partial charge in [0.2, 0.25) is 5.91 Å². The maximum atomic E-state index is 12.4. The van der Waals surface area contributed by atoms with Gasteiger partial charge in [0.25, 0.3) is 0 Å². The van der Waals surface area contributed by atoms with Crippen LogP contribution in [0, 0.1) is 0 Å². The van der Waals surface area contributed by atoms with Crippen molar-refractivity contribution in [2.24, 2.45) is 0 Å². The van der Waals surface area contributed by atoms with Gasteiger partial charge in [-0.15, -0.1) is 0 Å². The van der Waals surface area contributed by atoms with Crippen LogP contribution < -0.4 is 10.6 Å². The summed E-state index contributed by atoms with van der Waals surface area (Å²) in [6.45, 7) is -1.42. The Morgan fingerprint density at radius 3 is 1.67 bits per heavy atom. The summed E-state index contributed by atoms with van der Waals surface area (Å²) < 4.78 is 45.5. The fourth-order valence-corrected chi connectivity index (χ4v) is 6.56. The van der Waals surface area contributed by atoms with Crippen molar-refractivity contribution in [3.63, 3.8) is 0 Å². The van der Waals surface area contributed by atoms with Gasteiger partial charge < -0.3 is 105 Å². The molecule has 4 fully saturated rings. The van der Waals surface area contributed by atoms with Crippen molar-refractivity contribution >= 4 is 5.91 Å². The van der Waals surface area contributed by atoms with E-state index in [1.54, 1.807) is 7.05 Å². The van der Waals surface area contributed by atoms with E-state index in [1.807, 2.05) is 0 Å². The van der Waals surface area contributed by atoms with Gasteiger partial charge in [-0.1, -0.05) is 0 Å². The Balaban J connectivity index is 1.62. The van der Waals surface area contributed by atoms with Gasteiger partial charge in [0.1, 0.15) is 97.6 Å². The van der Waals surface area contributed by atoms with E-state index in [9.17, 15) is 61.0 Å². The number of carbonyl (C=O) groups excluding carboxylic acids is 1. The molecule has 0 aromatic carbocycles. The van der Waals surface area contributed by atoms with Gasteiger partial charge in [-0.25, -0.2) is 0 Å². The summed E-state index contributed by atoms with van der Waals surface area (Å²) in [4.78, 5) is 12.4. The number of aliphatic hydroxyl groups is 11. The van der Waals surface area contributed by atoms with Crippen LogP contribution in [-0.4, -0.2) is 232 Å². The number of nitrogens with one attached hydrogen (secondary N) is 2. The fraction of sp³-hybridized carbons (Fsp3) is 0.966. The van der Waals surface area contributed by atoms with Crippen molar-refractivity contribution in [2.45, 2.75) is 129 Å². The lowest BCUT2D eigenvalue weighted by Gasteiger charge is -2.50. The lowest BCUT2D eigenvalue weighted by molar-refractivity contribution is -0.375. The predicted molar refractivity (Wildman–Crippen MR) is 162 cm³/mol. The molecule has 4 saturated heterocycles. The van der Waals surface area contributed by atoms with E-state index >= 15 is 0 Å². The van der Waals surface area contributed by atoms with Crippen LogP contribution >= 0.6 is 0 Å². The average Bonchev–Trinajstić information content (AvgIpc) is 3.10. The van der Waals surface area contributed by atoms with Crippen molar-refractivity contribution in [3.05, 3.63) is 0 Å². The summed E-state index contributed by atoms with van der Waals surface area (Å²) >= 11 is 0. The third-order valence-electron chi connectivity index (χ3n) is 9.29. The standard InChI is InChI=1S/C29H52N2O20/c1-9(35)31-15-25(50-28-22(42)20(40)17(37)11(5-32)47-28)18(38)12(6-33)46-27(15)51-26-19(39)14(8-44-3)48-29(23(26)43)49-24-13(7-34)45-10(4-30-2)16(36)21(24)41/h10-30,32-34,36-43H,4-8H2,1-3H3,(H,31,35). The normalized spacial score (nSPS) is 48.0. The Kier molecular flexibility index (Phi) is 15.6. The summed E-state index contributed by atoms with van der Waals surface area (Å²) in [6.07, 6.45) is -30.6. The SMILES string of the molecule is CNCC1OC(CO)C(OC2OC(COC)C(O)C(OC3OC(CO)C(O)C(OC4OC(CO)C(O)C(O)C4O)C3NC(C)=O)C2O)C(O)C1O. The maximum Gasteiger partial charge on any atom is 0.217 e. The largest absolute Gasteiger partial charge is 0.394 e. The van der Waals surface area contributed by atoms with Crippen LogP contribution in [-0.2, 0) is 42.7 Å². The second-order valence-corrected chi connectivity index (χ2v) is 12.9. The van der Waals surface area contributed by atoms with Gasteiger partial charge in [0, 0.05) is 20.6 Å². The lowest BCUT2D eigenvalue weighted by atomic mass is 9.93. The van der Waals surface area contributed by atoms with Crippen molar-refractivity contribution < 1.29 is 98.9 Å². The van der Waals surface area contributed by atoms with Crippen LogP contribution in [0.5, 0.6) is 0 Å². The zero-order valence-electron chi connectivity index (χ0n) is 28.2. The Hall–Kier alpha value is -1.33. The molecule has 298 valence electrons. The zero-order valence-corrected chi connectivity index (χ0v) is 28.2. The van der Waals surface area contributed by atoms with Crippen LogP contribution in [0.25, 0.3) is 0 Å². The second kappa shape index (κ2) is 18.8. The number of methoxy groups -OCH3 is 1. The molecule has 0 aliphatic carbocycles. The number of amides is 1. The molecule has 0 bridgehead atoms. The molecule has 4 aliphatic rings. The number of carbonyl (C=O) groups is 1. The van der Waals surface area contributed by atoms with E-state index in [0.29, 0.717) is 0 Å². The molecule has 1 amide bonds. The monoisotopic (exact) mass is 748 g/mol. The smallest absolute Gasteiger partial charge is 0.217 e. The molecule has 4 aliphatic heterocycles. The first-order valence-electron chi connectivity index (χ1n) is 16.5. The molecule has 0 radical (unpaired) electrons. The minimum Gasteiger partial charge on any atom is -0.394 e. The molecule has 4 heterocycles. The Labute approximate surface area is 292 Å². The quantitative estimate of drug-likeness (QED) is 0.0784. The van der Waals surface area contributed by atoms with E-state index in [0.717, 1.165) is 6.92 Å². The van der Waals surface area contributed by atoms with Gasteiger partial charge in [0.15, 0.2) is 18.9 Å². The van der Waals surface area contributed by atoms with Gasteiger partial charge in [0.05, 0.1) is 32.5 Å². The molecule has 20 atom stereocenters. The molecule has 0 aromatic heterocycles. The van der Waals surface area contributed by atoms with Gasteiger partial charge in [-0.3, -0.25) is 4.79 Å². The number of aliphatic hydroxyl groups excluding tert-OH is 11. The fourth-order valence-electron chi connectivity index (χ4n) is 6.56. The third kappa shape index (κ3) is 9.32. The van der Waals surface area contributed by atoms with Crippen LogP contribution in [0.15, 0.2) is 0 Å². The summed E-state index contributed by atoms with van der Waals surface area (Å²) in [6, 6.07) is -1.55. The topological polar surface area (TPSA) is 338 Å². The van der Waals surface area contributed by atoms with Gasteiger partial charge in [-0.2, -0.15) is 0 Å². The molecule has 20 unspecified atom stereocenters. The maximum absolute atomic E-state index is 12.4. The third-order valence-corrected chi connectivity index (χ3v) is 9.29. The summed E-state index contributed by atoms with van der Waals surface area (Å²) in [5.41, 5.74) is 0. The average molecular weight is 749 g/mol. The summed E-state index contributed by atoms with van der Waals surface area (Å²) in [5, 5.41) is 121. The highest BCUT2D eigenvalue weighted by Gasteiger charge is 2.56. The highest BCUT2D eigenvalue weighted by Crippen LogP contribution is 2.34. The Morgan fingerprint density at radius 1 is 0.569 bits per heavy atom. The highest BCUT2D eigenvalue weighted by atomic mass is 16.8. The molecule has 22 heteroatoms. The zero-order chi connectivity index (χ0) is 37.7. The van der Waals surface area contributed by atoms with E-state index in [1.165, 1.54) is 7.11 Å². The first kappa shape index (κ1) is 42.4. The minimum atomic E-state index is -1.93. The van der Waals surface area contributed by atoms with Crippen LogP contribution in [0.4, 0.5) is 0 Å². The molecule has 22 nitrogen and oxygen atoms in total. The molecule has 4 rings (SSSR count). The first-order chi connectivity index (χ1) is 24.2. The molecular weight excluding hydrogens is 696 g/mol. The molecule has 0 saturated carbocycles. The van der Waals surface area contributed by atoms with Crippen molar-refractivity contribution in [1.29, 1.82) is 0 Å². The number of rotatable bonds is 14. The predicted octanol–water partition coefficient (Wildman–Crippen LogP) is -8.68. The minimum absolute atomic E-state index is 0.115. The van der Waals surface area contributed by atoms with Crippen LogP contribution in [0.1, 0.15) is 6.92 Å². The van der Waals surface area contributed by atoms with E-state index in [-0.39, 0.29) is 13.2 Å². The van der Waals surface area contributed by atoms with Crippen molar-refractivity contribution in [2.75, 3.05) is 47.1 Å². The first-order valence-corrected chi connectivity index (χ1v) is 16.5. The Morgan fingerprint density at radius 2 is 1.08 bits per heavy atom. The van der Waals surface area contributed by atoms with Crippen LogP contribution in [0.3, 0.4) is 0 Å². The van der Waals surface area contributed by atoms with E-state index < -0.39 is 148 Å². The van der Waals surface area contributed by atoms with E-state index in [2.05, 4.69) is 10.6 Å². The van der Waals surface area contributed by atoms with Crippen molar-refractivity contribution in [3.8, 4) is 0 Å².